The summed E-state index contributed by atoms with van der Waals surface area (Å²) in [4.78, 5) is 38.2. The van der Waals surface area contributed by atoms with Gasteiger partial charge in [-0.2, -0.15) is 5.10 Å². The summed E-state index contributed by atoms with van der Waals surface area (Å²) in [6, 6.07) is 18.7. The number of anilines is 1. The van der Waals surface area contributed by atoms with Crippen molar-refractivity contribution in [2.45, 2.75) is 6.54 Å². The largest absolute Gasteiger partial charge is 0.331 e. The Morgan fingerprint density at radius 3 is 2.41 bits per heavy atom. The molecule has 0 saturated heterocycles. The molecular weight excluding hydrogens is 392 g/mol. The van der Waals surface area contributed by atoms with Crippen molar-refractivity contribution in [3.8, 4) is 0 Å². The maximum Gasteiger partial charge on any atom is 0.274 e. The van der Waals surface area contributed by atoms with Gasteiger partial charge in [-0.1, -0.05) is 41.9 Å². The minimum Gasteiger partial charge on any atom is -0.331 e. The fraction of sp³-hybridized carbons (Fsp3) is 0.143. The van der Waals surface area contributed by atoms with Gasteiger partial charge in [-0.25, -0.2) is 4.68 Å². The van der Waals surface area contributed by atoms with Gasteiger partial charge in [0, 0.05) is 23.8 Å². The van der Waals surface area contributed by atoms with E-state index in [4.69, 9.17) is 11.6 Å². The van der Waals surface area contributed by atoms with Crippen molar-refractivity contribution in [1.29, 1.82) is 0 Å². The fourth-order valence-corrected chi connectivity index (χ4v) is 2.78. The monoisotopic (exact) mass is 410 g/mol. The Morgan fingerprint density at radius 1 is 1.03 bits per heavy atom. The summed E-state index contributed by atoms with van der Waals surface area (Å²) in [7, 11) is 1.50. The Kier molecular flexibility index (Phi) is 6.41. The maximum absolute atomic E-state index is 12.6. The van der Waals surface area contributed by atoms with Gasteiger partial charge in [0.25, 0.3) is 11.5 Å². The molecule has 0 aliphatic heterocycles. The number of carbonyl (C=O) groups excluding carboxylic acids is 2. The molecule has 0 fully saturated rings. The molecule has 148 valence electrons. The SMILES string of the molecule is CN(CC(=O)Nc1ccc(Cl)cc1)C(=O)c1ccc(=O)n(Cc2ccccc2)n1. The summed E-state index contributed by atoms with van der Waals surface area (Å²) in [5, 5.41) is 7.41. The predicted molar refractivity (Wildman–Crippen MR) is 111 cm³/mol. The molecule has 0 radical (unpaired) electrons. The Morgan fingerprint density at radius 2 is 1.72 bits per heavy atom. The summed E-state index contributed by atoms with van der Waals surface area (Å²) in [6.07, 6.45) is 0. The van der Waals surface area contributed by atoms with Gasteiger partial charge in [0.05, 0.1) is 13.1 Å². The lowest BCUT2D eigenvalue weighted by molar-refractivity contribution is -0.116. The van der Waals surface area contributed by atoms with E-state index in [-0.39, 0.29) is 30.2 Å². The number of rotatable bonds is 6. The van der Waals surface area contributed by atoms with E-state index in [9.17, 15) is 14.4 Å². The summed E-state index contributed by atoms with van der Waals surface area (Å²) in [5.74, 6) is -0.821. The van der Waals surface area contributed by atoms with Crippen molar-refractivity contribution in [2.75, 3.05) is 18.9 Å². The van der Waals surface area contributed by atoms with E-state index >= 15 is 0 Å². The van der Waals surface area contributed by atoms with Crippen molar-refractivity contribution in [1.82, 2.24) is 14.7 Å². The third-order valence-electron chi connectivity index (χ3n) is 4.12. The molecule has 3 rings (SSSR count). The first-order chi connectivity index (χ1) is 13.9. The smallest absolute Gasteiger partial charge is 0.274 e. The highest BCUT2D eigenvalue weighted by Crippen LogP contribution is 2.13. The molecule has 0 spiro atoms. The number of aromatic nitrogens is 2. The molecule has 3 aromatic rings. The Balaban J connectivity index is 1.67. The van der Waals surface area contributed by atoms with Crippen LogP contribution in [0.1, 0.15) is 16.1 Å². The first-order valence-corrected chi connectivity index (χ1v) is 9.23. The predicted octanol–water partition coefficient (Wildman–Crippen LogP) is 2.66. The van der Waals surface area contributed by atoms with Crippen LogP contribution in [0.5, 0.6) is 0 Å². The lowest BCUT2D eigenvalue weighted by Crippen LogP contribution is -2.36. The van der Waals surface area contributed by atoms with Gasteiger partial charge in [-0.05, 0) is 35.9 Å². The minimum atomic E-state index is -0.460. The molecule has 1 heterocycles. The number of hydrogen-bond donors (Lipinski definition) is 1. The number of carbonyl (C=O) groups is 2. The molecule has 0 aliphatic rings. The second kappa shape index (κ2) is 9.16. The summed E-state index contributed by atoms with van der Waals surface area (Å²) in [5.41, 5.74) is 1.24. The van der Waals surface area contributed by atoms with Crippen LogP contribution in [0.15, 0.2) is 71.5 Å². The van der Waals surface area contributed by atoms with Gasteiger partial charge in [0.1, 0.15) is 5.69 Å². The lowest BCUT2D eigenvalue weighted by Gasteiger charge is -2.17. The molecule has 2 aromatic carbocycles. The van der Waals surface area contributed by atoms with Crippen LogP contribution in [-0.2, 0) is 11.3 Å². The number of nitrogens with one attached hydrogen (secondary N) is 1. The number of likely N-dealkylation sites (N-methyl/N-ethyl adjacent to an activating group) is 1. The maximum atomic E-state index is 12.6. The number of amides is 2. The average molecular weight is 411 g/mol. The molecule has 0 bridgehead atoms. The van der Waals surface area contributed by atoms with Crippen molar-refractivity contribution in [2.24, 2.45) is 0 Å². The van der Waals surface area contributed by atoms with Crippen LogP contribution < -0.4 is 10.9 Å². The van der Waals surface area contributed by atoms with Crippen molar-refractivity contribution in [3.05, 3.63) is 93.4 Å². The Bertz CT molecular complexity index is 1070. The van der Waals surface area contributed by atoms with Crippen molar-refractivity contribution >= 4 is 29.1 Å². The minimum absolute atomic E-state index is 0.0855. The van der Waals surface area contributed by atoms with Gasteiger partial charge >= 0.3 is 0 Å². The molecule has 0 atom stereocenters. The van der Waals surface area contributed by atoms with E-state index in [0.717, 1.165) is 5.56 Å². The normalized spacial score (nSPS) is 10.4. The van der Waals surface area contributed by atoms with Gasteiger partial charge in [0.2, 0.25) is 5.91 Å². The molecular formula is C21H19ClN4O3. The molecule has 2 amide bonds. The summed E-state index contributed by atoms with van der Waals surface area (Å²) >= 11 is 5.82. The lowest BCUT2D eigenvalue weighted by atomic mass is 10.2. The standard InChI is InChI=1S/C21H19ClN4O3/c1-25(14-19(27)23-17-9-7-16(22)8-10-17)21(29)18-11-12-20(28)26(24-18)13-15-5-3-2-4-6-15/h2-12H,13-14H2,1H3,(H,23,27). The van der Waals surface area contributed by atoms with Crippen LogP contribution in [0.4, 0.5) is 5.69 Å². The van der Waals surface area contributed by atoms with Crippen molar-refractivity contribution in [3.63, 3.8) is 0 Å². The van der Waals surface area contributed by atoms with E-state index in [0.29, 0.717) is 10.7 Å². The summed E-state index contributed by atoms with van der Waals surface area (Å²) in [6.45, 7) is 0.0858. The highest BCUT2D eigenvalue weighted by atomic mass is 35.5. The third kappa shape index (κ3) is 5.52. The highest BCUT2D eigenvalue weighted by Gasteiger charge is 2.17. The molecule has 0 aliphatic carbocycles. The van der Waals surface area contributed by atoms with Crippen LogP contribution in [0, 0.1) is 0 Å². The van der Waals surface area contributed by atoms with Gasteiger partial charge < -0.3 is 10.2 Å². The highest BCUT2D eigenvalue weighted by molar-refractivity contribution is 6.30. The second-order valence-corrected chi connectivity index (χ2v) is 6.85. The molecule has 1 aromatic heterocycles. The van der Waals surface area contributed by atoms with E-state index in [2.05, 4.69) is 10.4 Å². The zero-order chi connectivity index (χ0) is 20.8. The molecule has 1 N–H and O–H groups in total. The number of hydrogen-bond acceptors (Lipinski definition) is 4. The van der Waals surface area contributed by atoms with E-state index < -0.39 is 5.91 Å². The average Bonchev–Trinajstić information content (AvgIpc) is 2.71. The zero-order valence-corrected chi connectivity index (χ0v) is 16.5. The van der Waals surface area contributed by atoms with Gasteiger partial charge in [-0.15, -0.1) is 0 Å². The quantitative estimate of drug-likeness (QED) is 0.677. The zero-order valence-electron chi connectivity index (χ0n) is 15.7. The van der Waals surface area contributed by atoms with Crippen LogP contribution >= 0.6 is 11.6 Å². The first kappa shape index (κ1) is 20.3. The first-order valence-electron chi connectivity index (χ1n) is 8.85. The third-order valence-corrected chi connectivity index (χ3v) is 4.37. The van der Waals surface area contributed by atoms with E-state index in [1.54, 1.807) is 24.3 Å². The Labute approximate surface area is 172 Å². The number of halogens is 1. The van der Waals surface area contributed by atoms with Crippen molar-refractivity contribution < 1.29 is 9.59 Å². The van der Waals surface area contributed by atoms with E-state index in [1.807, 2.05) is 30.3 Å². The van der Waals surface area contributed by atoms with Crippen LogP contribution in [-0.4, -0.2) is 40.1 Å². The van der Waals surface area contributed by atoms with Gasteiger partial charge in [-0.3, -0.25) is 14.4 Å². The van der Waals surface area contributed by atoms with Gasteiger partial charge in [0.15, 0.2) is 0 Å². The van der Waals surface area contributed by atoms with E-state index in [1.165, 1.54) is 28.8 Å². The number of nitrogens with zero attached hydrogens (tertiary/aromatic N) is 3. The molecule has 29 heavy (non-hydrogen) atoms. The topological polar surface area (TPSA) is 84.3 Å². The number of benzene rings is 2. The molecule has 7 nitrogen and oxygen atoms in total. The molecule has 8 heteroatoms. The summed E-state index contributed by atoms with van der Waals surface area (Å²) < 4.78 is 1.23. The van der Waals surface area contributed by atoms with Crippen LogP contribution in [0.25, 0.3) is 0 Å². The van der Waals surface area contributed by atoms with Crippen LogP contribution in [0.3, 0.4) is 0 Å². The fourth-order valence-electron chi connectivity index (χ4n) is 2.65. The molecule has 0 unspecified atom stereocenters. The second-order valence-electron chi connectivity index (χ2n) is 6.42. The van der Waals surface area contributed by atoms with Crippen LogP contribution in [0.2, 0.25) is 5.02 Å². The Hall–Kier alpha value is -3.45. The molecule has 0 saturated carbocycles.